The van der Waals surface area contributed by atoms with Gasteiger partial charge in [0.1, 0.15) is 18.0 Å². The van der Waals surface area contributed by atoms with Gasteiger partial charge in [-0.05, 0) is 25.0 Å². The van der Waals surface area contributed by atoms with E-state index in [0.29, 0.717) is 0 Å². The average Bonchev–Trinajstić information content (AvgIpc) is 3.03. The highest BCUT2D eigenvalue weighted by Gasteiger charge is 2.73. The predicted molar refractivity (Wildman–Crippen MR) is 117 cm³/mol. The van der Waals surface area contributed by atoms with Crippen LogP contribution < -0.4 is 0 Å². The quantitative estimate of drug-likeness (QED) is 0.438. The van der Waals surface area contributed by atoms with Crippen LogP contribution in [0.2, 0.25) is 0 Å². The zero-order chi connectivity index (χ0) is 21.5. The molecule has 4 rings (SSSR count). The molecule has 1 amide bonds. The lowest BCUT2D eigenvalue weighted by Gasteiger charge is -2.52. The fraction of sp³-hybridized carbons (Fsp3) is 0.333. The SMILES string of the molecule is C=CC(c1ccccc1)[C@@]1(O)C(=O)N2[C@@H](C(=O)OCc3ccccc3)C(C)(C)S[C@@H]21. The molecule has 2 aromatic carbocycles. The van der Waals surface area contributed by atoms with Gasteiger partial charge in [-0.3, -0.25) is 4.79 Å². The van der Waals surface area contributed by atoms with Crippen molar-refractivity contribution in [1.82, 2.24) is 4.90 Å². The van der Waals surface area contributed by atoms with Crippen LogP contribution in [0.15, 0.2) is 73.3 Å². The Morgan fingerprint density at radius 1 is 1.20 bits per heavy atom. The van der Waals surface area contributed by atoms with Crippen molar-refractivity contribution in [1.29, 1.82) is 0 Å². The summed E-state index contributed by atoms with van der Waals surface area (Å²) in [4.78, 5) is 27.7. The molecule has 0 spiro atoms. The Morgan fingerprint density at radius 3 is 2.40 bits per heavy atom. The summed E-state index contributed by atoms with van der Waals surface area (Å²) in [6.45, 7) is 7.81. The van der Waals surface area contributed by atoms with Crippen LogP contribution in [0.5, 0.6) is 0 Å². The third kappa shape index (κ3) is 3.15. The second kappa shape index (κ2) is 7.60. The Balaban J connectivity index is 1.57. The van der Waals surface area contributed by atoms with Crippen LogP contribution in [-0.2, 0) is 20.9 Å². The van der Waals surface area contributed by atoms with Gasteiger partial charge in [-0.25, -0.2) is 4.79 Å². The minimum atomic E-state index is -1.64. The minimum Gasteiger partial charge on any atom is -0.459 e. The number of benzene rings is 2. The monoisotopic (exact) mass is 423 g/mol. The summed E-state index contributed by atoms with van der Waals surface area (Å²) in [5.41, 5.74) is 0.0593. The molecule has 6 heteroatoms. The van der Waals surface area contributed by atoms with E-state index in [4.69, 9.17) is 4.74 Å². The Morgan fingerprint density at radius 2 is 1.80 bits per heavy atom. The smallest absolute Gasteiger partial charge is 0.330 e. The zero-order valence-corrected chi connectivity index (χ0v) is 17.8. The molecule has 0 saturated carbocycles. The van der Waals surface area contributed by atoms with Gasteiger partial charge in [-0.1, -0.05) is 66.7 Å². The number of amides is 1. The molecule has 1 unspecified atom stereocenters. The van der Waals surface area contributed by atoms with Gasteiger partial charge in [0.05, 0.1) is 0 Å². The van der Waals surface area contributed by atoms with E-state index >= 15 is 0 Å². The Hall–Kier alpha value is -2.57. The van der Waals surface area contributed by atoms with E-state index in [1.807, 2.05) is 74.5 Å². The molecular weight excluding hydrogens is 398 g/mol. The molecule has 2 heterocycles. The Bertz CT molecular complexity index is 962. The summed E-state index contributed by atoms with van der Waals surface area (Å²) in [6.07, 6.45) is 1.61. The summed E-state index contributed by atoms with van der Waals surface area (Å²) in [5, 5.41) is 10.9. The lowest BCUT2D eigenvalue weighted by Crippen LogP contribution is -2.75. The third-order valence-corrected chi connectivity index (χ3v) is 7.51. The normalized spacial score (nSPS) is 27.7. The van der Waals surface area contributed by atoms with E-state index in [2.05, 4.69) is 6.58 Å². The van der Waals surface area contributed by atoms with E-state index in [-0.39, 0.29) is 6.61 Å². The number of β-lactam (4-membered cyclic amide) rings is 1. The predicted octanol–water partition coefficient (Wildman–Crippen LogP) is 3.49. The molecule has 0 aliphatic carbocycles. The topological polar surface area (TPSA) is 66.8 Å². The van der Waals surface area contributed by atoms with Crippen molar-refractivity contribution in [2.75, 3.05) is 0 Å². The second-order valence-corrected chi connectivity index (χ2v) is 9.97. The van der Waals surface area contributed by atoms with Crippen LogP contribution in [0.4, 0.5) is 0 Å². The Kier molecular flexibility index (Phi) is 5.24. The number of hydrogen-bond acceptors (Lipinski definition) is 5. The molecule has 4 atom stereocenters. The molecule has 2 aliphatic rings. The number of thioether (sulfide) groups is 1. The summed E-state index contributed by atoms with van der Waals surface area (Å²) < 4.78 is 4.94. The number of hydrogen-bond donors (Lipinski definition) is 1. The number of fused-ring (bicyclic) bond motifs is 1. The summed E-state index contributed by atoms with van der Waals surface area (Å²) >= 11 is 1.43. The first-order valence-electron chi connectivity index (χ1n) is 9.91. The molecule has 1 N–H and O–H groups in total. The maximum atomic E-state index is 13.2. The van der Waals surface area contributed by atoms with Crippen molar-refractivity contribution in [3.05, 3.63) is 84.4 Å². The van der Waals surface area contributed by atoms with E-state index in [0.717, 1.165) is 11.1 Å². The first-order chi connectivity index (χ1) is 14.3. The van der Waals surface area contributed by atoms with Gasteiger partial charge >= 0.3 is 5.97 Å². The van der Waals surface area contributed by atoms with Gasteiger partial charge in [0.2, 0.25) is 0 Å². The second-order valence-electron chi connectivity index (χ2n) is 8.23. The summed E-state index contributed by atoms with van der Waals surface area (Å²) in [5.74, 6) is -1.47. The molecule has 156 valence electrons. The Labute approximate surface area is 180 Å². The van der Waals surface area contributed by atoms with Crippen molar-refractivity contribution < 1.29 is 19.4 Å². The van der Waals surface area contributed by atoms with Crippen molar-refractivity contribution in [3.8, 4) is 0 Å². The first kappa shape index (κ1) is 20.7. The van der Waals surface area contributed by atoms with Gasteiger partial charge in [0, 0.05) is 10.7 Å². The zero-order valence-electron chi connectivity index (χ0n) is 17.0. The molecule has 2 saturated heterocycles. The summed E-state index contributed by atoms with van der Waals surface area (Å²) in [7, 11) is 0. The van der Waals surface area contributed by atoms with Gasteiger partial charge in [0.15, 0.2) is 5.60 Å². The lowest BCUT2D eigenvalue weighted by molar-refractivity contribution is -0.191. The number of esters is 1. The van der Waals surface area contributed by atoms with E-state index in [1.165, 1.54) is 16.7 Å². The first-order valence-corrected chi connectivity index (χ1v) is 10.8. The van der Waals surface area contributed by atoms with Gasteiger partial charge in [-0.2, -0.15) is 0 Å². The molecule has 2 fully saturated rings. The van der Waals surface area contributed by atoms with Gasteiger partial charge in [-0.15, -0.1) is 18.3 Å². The fourth-order valence-corrected chi connectivity index (χ4v) is 6.05. The third-order valence-electron chi connectivity index (χ3n) is 5.87. The molecule has 2 aromatic rings. The van der Waals surface area contributed by atoms with E-state index in [1.54, 1.807) is 6.08 Å². The van der Waals surface area contributed by atoms with Gasteiger partial charge in [0.25, 0.3) is 5.91 Å². The summed E-state index contributed by atoms with van der Waals surface area (Å²) in [6, 6.07) is 18.0. The highest BCUT2D eigenvalue weighted by Crippen LogP contribution is 2.58. The number of carbonyl (C=O) groups is 2. The maximum Gasteiger partial charge on any atom is 0.330 e. The molecule has 2 aliphatic heterocycles. The van der Waals surface area contributed by atoms with Gasteiger partial charge < -0.3 is 14.7 Å². The molecule has 0 bridgehead atoms. The molecule has 5 nitrogen and oxygen atoms in total. The van der Waals surface area contributed by atoms with Crippen molar-refractivity contribution >= 4 is 23.6 Å². The van der Waals surface area contributed by atoms with Crippen LogP contribution in [0.25, 0.3) is 0 Å². The van der Waals surface area contributed by atoms with Crippen LogP contribution in [0.1, 0.15) is 30.9 Å². The standard InChI is InChI=1S/C24H25NO4S/c1-4-18(17-13-9-6-10-14-17)24(28)21(27)25-19(23(2,3)30-22(24)25)20(26)29-15-16-11-7-5-8-12-16/h4-14,18-19,22,28H,1,15H2,2-3H3/t18?,19-,22+,24+/m0/s1. The van der Waals surface area contributed by atoms with Crippen LogP contribution in [0.3, 0.4) is 0 Å². The van der Waals surface area contributed by atoms with Crippen molar-refractivity contribution in [2.45, 2.75) is 48.1 Å². The molecule has 0 aromatic heterocycles. The molecular formula is C24H25NO4S. The van der Waals surface area contributed by atoms with E-state index in [9.17, 15) is 14.7 Å². The molecule has 30 heavy (non-hydrogen) atoms. The number of ether oxygens (including phenoxy) is 1. The minimum absolute atomic E-state index is 0.146. The van der Waals surface area contributed by atoms with Crippen LogP contribution >= 0.6 is 11.8 Å². The van der Waals surface area contributed by atoms with E-state index < -0.39 is 39.6 Å². The number of nitrogens with zero attached hydrogens (tertiary/aromatic N) is 1. The van der Waals surface area contributed by atoms with Crippen molar-refractivity contribution in [3.63, 3.8) is 0 Å². The average molecular weight is 424 g/mol. The number of aliphatic hydroxyl groups is 1. The van der Waals surface area contributed by atoms with Crippen LogP contribution in [0, 0.1) is 0 Å². The number of rotatable bonds is 6. The fourth-order valence-electron chi connectivity index (χ4n) is 4.37. The largest absolute Gasteiger partial charge is 0.459 e. The van der Waals surface area contributed by atoms with Crippen LogP contribution in [-0.4, -0.2) is 43.6 Å². The highest BCUT2D eigenvalue weighted by atomic mass is 32.2. The maximum absolute atomic E-state index is 13.2. The van der Waals surface area contributed by atoms with Crippen molar-refractivity contribution in [2.24, 2.45) is 0 Å². The lowest BCUT2D eigenvalue weighted by atomic mass is 9.74. The number of carbonyl (C=O) groups excluding carboxylic acids is 2. The highest BCUT2D eigenvalue weighted by molar-refractivity contribution is 8.01. The molecule has 0 radical (unpaired) electrons.